The Balaban J connectivity index is 1.89. The summed E-state index contributed by atoms with van der Waals surface area (Å²) in [5.41, 5.74) is 2.33. The summed E-state index contributed by atoms with van der Waals surface area (Å²) in [5.74, 6) is -0.0407. The fraction of sp³-hybridized carbons (Fsp3) is 0.316. The zero-order valence-corrected chi connectivity index (χ0v) is 17.4. The number of hydrogen-bond donors (Lipinski definition) is 0. The lowest BCUT2D eigenvalue weighted by atomic mass is 10.0. The van der Waals surface area contributed by atoms with Crippen LogP contribution in [0, 0.1) is 0 Å². The molecule has 0 saturated carbocycles. The molecule has 144 valence electrons. The number of benzene rings is 2. The molecular weight excluding hydrogens is 407 g/mol. The summed E-state index contributed by atoms with van der Waals surface area (Å²) in [5, 5.41) is 0.922. The van der Waals surface area contributed by atoms with E-state index >= 15 is 0 Å². The number of amides is 1. The van der Waals surface area contributed by atoms with Crippen molar-refractivity contribution in [2.45, 2.75) is 31.2 Å². The molecule has 1 aliphatic rings. The minimum absolute atomic E-state index is 0.0407. The van der Waals surface area contributed by atoms with Crippen LogP contribution >= 0.6 is 23.2 Å². The van der Waals surface area contributed by atoms with Crippen LogP contribution in [0.4, 0.5) is 5.69 Å². The Morgan fingerprint density at radius 3 is 2.59 bits per heavy atom. The first-order valence-corrected chi connectivity index (χ1v) is 10.7. The molecular formula is C19H20Cl2N2O3S. The summed E-state index contributed by atoms with van der Waals surface area (Å²) in [7, 11) is -2.18. The molecule has 0 bridgehead atoms. The van der Waals surface area contributed by atoms with Gasteiger partial charge in [-0.2, -0.15) is 4.31 Å². The number of fused-ring (bicyclic) bond motifs is 1. The second kappa shape index (κ2) is 7.80. The van der Waals surface area contributed by atoms with Gasteiger partial charge in [-0.1, -0.05) is 29.3 Å². The Kier molecular flexibility index (Phi) is 5.82. The van der Waals surface area contributed by atoms with Gasteiger partial charge in [0.1, 0.15) is 0 Å². The second-order valence-electron chi connectivity index (χ2n) is 6.56. The maximum atomic E-state index is 13.0. The van der Waals surface area contributed by atoms with E-state index in [0.717, 1.165) is 24.1 Å². The SMILES string of the molecule is CC(=O)N1CCCc2cc(S(=O)(=O)N(C)Cc3ccc(Cl)cc3Cl)ccc21. The lowest BCUT2D eigenvalue weighted by Crippen LogP contribution is -2.34. The van der Waals surface area contributed by atoms with E-state index in [-0.39, 0.29) is 17.3 Å². The van der Waals surface area contributed by atoms with Crippen LogP contribution in [0.2, 0.25) is 10.0 Å². The van der Waals surface area contributed by atoms with Crippen molar-refractivity contribution in [3.05, 3.63) is 57.6 Å². The summed E-state index contributed by atoms with van der Waals surface area (Å²) >= 11 is 12.1. The molecule has 27 heavy (non-hydrogen) atoms. The first kappa shape index (κ1) is 20.1. The number of sulfonamides is 1. The third kappa shape index (κ3) is 4.14. The van der Waals surface area contributed by atoms with E-state index in [4.69, 9.17) is 23.2 Å². The van der Waals surface area contributed by atoms with Gasteiger partial charge in [0.2, 0.25) is 15.9 Å². The fourth-order valence-electron chi connectivity index (χ4n) is 3.22. The number of rotatable bonds is 4. The second-order valence-corrected chi connectivity index (χ2v) is 9.45. The summed E-state index contributed by atoms with van der Waals surface area (Å²) in [6, 6.07) is 9.92. The first-order valence-electron chi connectivity index (χ1n) is 8.51. The Morgan fingerprint density at radius 1 is 1.19 bits per heavy atom. The highest BCUT2D eigenvalue weighted by Gasteiger charge is 2.26. The molecule has 2 aromatic rings. The first-order chi connectivity index (χ1) is 12.7. The predicted molar refractivity (Wildman–Crippen MR) is 108 cm³/mol. The van der Waals surface area contributed by atoms with Gasteiger partial charge in [0.15, 0.2) is 0 Å². The van der Waals surface area contributed by atoms with Crippen molar-refractivity contribution < 1.29 is 13.2 Å². The molecule has 0 atom stereocenters. The number of halogens is 2. The Morgan fingerprint density at radius 2 is 1.93 bits per heavy atom. The number of carbonyl (C=O) groups is 1. The van der Waals surface area contributed by atoms with Crippen LogP contribution < -0.4 is 4.90 Å². The van der Waals surface area contributed by atoms with E-state index in [9.17, 15) is 13.2 Å². The molecule has 0 N–H and O–H groups in total. The standard InChI is InChI=1S/C19H20Cl2N2O3S/c1-13(24)23-9-3-4-14-10-17(7-8-19(14)23)27(25,26)22(2)12-15-5-6-16(20)11-18(15)21/h5-8,10-11H,3-4,9,12H2,1-2H3. The highest BCUT2D eigenvalue weighted by molar-refractivity contribution is 7.89. The van der Waals surface area contributed by atoms with Crippen LogP contribution in [-0.4, -0.2) is 32.2 Å². The van der Waals surface area contributed by atoms with Gasteiger partial charge in [0.05, 0.1) is 4.90 Å². The molecule has 1 aliphatic heterocycles. The van der Waals surface area contributed by atoms with Gasteiger partial charge < -0.3 is 4.90 Å². The van der Waals surface area contributed by atoms with E-state index < -0.39 is 10.0 Å². The van der Waals surface area contributed by atoms with Crippen LogP contribution in [0.3, 0.4) is 0 Å². The van der Waals surface area contributed by atoms with Gasteiger partial charge in [-0.25, -0.2) is 8.42 Å². The largest absolute Gasteiger partial charge is 0.312 e. The Labute approximate surface area is 169 Å². The Bertz CT molecular complexity index is 992. The van der Waals surface area contributed by atoms with Gasteiger partial charge in [-0.3, -0.25) is 4.79 Å². The number of carbonyl (C=O) groups excluding carboxylic acids is 1. The van der Waals surface area contributed by atoms with Crippen LogP contribution in [0.5, 0.6) is 0 Å². The average molecular weight is 427 g/mol. The molecule has 0 unspecified atom stereocenters. The Hall–Kier alpha value is -1.60. The third-order valence-electron chi connectivity index (χ3n) is 4.67. The molecule has 2 aromatic carbocycles. The quantitative estimate of drug-likeness (QED) is 0.738. The van der Waals surface area contributed by atoms with E-state index in [1.165, 1.54) is 18.3 Å². The van der Waals surface area contributed by atoms with Crippen molar-refractivity contribution in [1.82, 2.24) is 4.31 Å². The molecule has 3 rings (SSSR count). The third-order valence-corrected chi connectivity index (χ3v) is 7.05. The normalized spacial score (nSPS) is 14.3. The van der Waals surface area contributed by atoms with Crippen molar-refractivity contribution in [1.29, 1.82) is 0 Å². The molecule has 0 aromatic heterocycles. The maximum Gasteiger partial charge on any atom is 0.243 e. The average Bonchev–Trinajstić information content (AvgIpc) is 2.62. The molecule has 0 spiro atoms. The minimum atomic E-state index is -3.70. The lowest BCUT2D eigenvalue weighted by Gasteiger charge is -2.29. The van der Waals surface area contributed by atoms with Gasteiger partial charge in [0.25, 0.3) is 0 Å². The number of aryl methyl sites for hydroxylation is 1. The molecule has 0 saturated heterocycles. The monoisotopic (exact) mass is 426 g/mol. The maximum absolute atomic E-state index is 13.0. The summed E-state index contributed by atoms with van der Waals surface area (Å²) < 4.78 is 27.2. The highest BCUT2D eigenvalue weighted by atomic mass is 35.5. The van der Waals surface area contributed by atoms with Crippen LogP contribution in [-0.2, 0) is 27.8 Å². The van der Waals surface area contributed by atoms with E-state index in [2.05, 4.69) is 0 Å². The topological polar surface area (TPSA) is 57.7 Å². The van der Waals surface area contributed by atoms with E-state index in [1.54, 1.807) is 41.3 Å². The smallest absolute Gasteiger partial charge is 0.243 e. The van der Waals surface area contributed by atoms with Crippen molar-refractivity contribution >= 4 is 44.8 Å². The van der Waals surface area contributed by atoms with E-state index in [1.807, 2.05) is 0 Å². The zero-order chi connectivity index (χ0) is 19.8. The number of anilines is 1. The van der Waals surface area contributed by atoms with Crippen molar-refractivity contribution in [2.24, 2.45) is 0 Å². The molecule has 5 nitrogen and oxygen atoms in total. The molecule has 0 fully saturated rings. The van der Waals surface area contributed by atoms with Crippen LogP contribution in [0.25, 0.3) is 0 Å². The van der Waals surface area contributed by atoms with Gasteiger partial charge in [-0.15, -0.1) is 0 Å². The molecule has 8 heteroatoms. The van der Waals surface area contributed by atoms with Crippen molar-refractivity contribution in [3.63, 3.8) is 0 Å². The molecule has 1 amide bonds. The van der Waals surface area contributed by atoms with Crippen LogP contribution in [0.15, 0.2) is 41.3 Å². The lowest BCUT2D eigenvalue weighted by molar-refractivity contribution is -0.116. The summed E-state index contributed by atoms with van der Waals surface area (Å²) in [6.07, 6.45) is 1.56. The number of nitrogens with zero attached hydrogens (tertiary/aromatic N) is 2. The highest BCUT2D eigenvalue weighted by Crippen LogP contribution is 2.31. The summed E-state index contributed by atoms with van der Waals surface area (Å²) in [4.78, 5) is 13.7. The fourth-order valence-corrected chi connectivity index (χ4v) is 4.88. The predicted octanol–water partition coefficient (Wildman–Crippen LogP) is 4.11. The molecule has 0 radical (unpaired) electrons. The minimum Gasteiger partial charge on any atom is -0.312 e. The summed E-state index contributed by atoms with van der Waals surface area (Å²) in [6.45, 7) is 2.31. The van der Waals surface area contributed by atoms with Crippen molar-refractivity contribution in [3.8, 4) is 0 Å². The zero-order valence-electron chi connectivity index (χ0n) is 15.1. The van der Waals surface area contributed by atoms with Gasteiger partial charge >= 0.3 is 0 Å². The van der Waals surface area contributed by atoms with Crippen LogP contribution in [0.1, 0.15) is 24.5 Å². The van der Waals surface area contributed by atoms with Gasteiger partial charge in [-0.05, 0) is 54.3 Å². The molecule has 0 aliphatic carbocycles. The van der Waals surface area contributed by atoms with Crippen molar-refractivity contribution in [2.75, 3.05) is 18.5 Å². The number of hydrogen-bond acceptors (Lipinski definition) is 3. The van der Waals surface area contributed by atoms with Gasteiger partial charge in [0, 0.05) is 42.8 Å². The van der Waals surface area contributed by atoms with E-state index in [0.29, 0.717) is 22.2 Å². The molecule has 1 heterocycles.